The van der Waals surface area contributed by atoms with Crippen LogP contribution in [0.1, 0.15) is 38.4 Å². The lowest BCUT2D eigenvalue weighted by Crippen LogP contribution is -2.44. The molecular weight excluding hydrogens is 450 g/mol. The lowest BCUT2D eigenvalue weighted by molar-refractivity contribution is -0.145. The highest BCUT2D eigenvalue weighted by Gasteiger charge is 2.44. The third-order valence-electron chi connectivity index (χ3n) is 4.98. The second-order valence-corrected chi connectivity index (χ2v) is 8.67. The molecule has 1 saturated heterocycles. The molecule has 180 valence electrons. The Kier molecular flexibility index (Phi) is 6.72. The SMILES string of the molecule is C=CC(F)(F)c1nc2ccc(C#N)cc2nc1O[C@@H]1C[C@@H](C(=O)OC)N(C(=O)OC(C)(C)C)C1. The summed E-state index contributed by atoms with van der Waals surface area (Å²) in [5.41, 5.74) is -1.02. The van der Waals surface area contributed by atoms with Crippen LogP contribution < -0.4 is 4.74 Å². The highest BCUT2D eigenvalue weighted by atomic mass is 19.3. The smallest absolute Gasteiger partial charge is 0.411 e. The lowest BCUT2D eigenvalue weighted by atomic mass is 10.1. The third-order valence-corrected chi connectivity index (χ3v) is 4.98. The normalized spacial score (nSPS) is 18.3. The van der Waals surface area contributed by atoms with Crippen LogP contribution in [0.15, 0.2) is 30.9 Å². The van der Waals surface area contributed by atoms with E-state index < -0.39 is 47.3 Å². The third kappa shape index (κ3) is 5.22. The first-order chi connectivity index (χ1) is 15.9. The van der Waals surface area contributed by atoms with Gasteiger partial charge in [0.2, 0.25) is 5.88 Å². The van der Waals surface area contributed by atoms with Crippen molar-refractivity contribution in [1.29, 1.82) is 5.26 Å². The summed E-state index contributed by atoms with van der Waals surface area (Å²) in [4.78, 5) is 34.2. The van der Waals surface area contributed by atoms with Crippen molar-refractivity contribution in [2.24, 2.45) is 0 Å². The molecule has 0 unspecified atom stereocenters. The van der Waals surface area contributed by atoms with Gasteiger partial charge in [0.25, 0.3) is 0 Å². The average molecular weight is 474 g/mol. The first kappa shape index (κ1) is 24.8. The Morgan fingerprint density at radius 1 is 1.26 bits per heavy atom. The fraction of sp³-hybridized carbons (Fsp3) is 0.435. The van der Waals surface area contributed by atoms with Crippen molar-refractivity contribution in [2.75, 3.05) is 13.7 Å². The van der Waals surface area contributed by atoms with E-state index in [0.29, 0.717) is 6.08 Å². The molecule has 34 heavy (non-hydrogen) atoms. The number of allylic oxidation sites excluding steroid dienone is 1. The molecule has 0 radical (unpaired) electrons. The Morgan fingerprint density at radius 2 is 1.97 bits per heavy atom. The molecule has 2 heterocycles. The Hall–Kier alpha value is -3.81. The van der Waals surface area contributed by atoms with Crippen molar-refractivity contribution in [3.8, 4) is 11.9 Å². The maximum absolute atomic E-state index is 14.6. The summed E-state index contributed by atoms with van der Waals surface area (Å²) in [6.45, 7) is 8.04. The van der Waals surface area contributed by atoms with Crippen molar-refractivity contribution >= 4 is 23.1 Å². The molecule has 11 heteroatoms. The van der Waals surface area contributed by atoms with Gasteiger partial charge in [-0.1, -0.05) is 6.58 Å². The molecule has 0 N–H and O–H groups in total. The van der Waals surface area contributed by atoms with Gasteiger partial charge in [0.1, 0.15) is 17.7 Å². The van der Waals surface area contributed by atoms with Gasteiger partial charge in [-0.25, -0.2) is 19.6 Å². The molecule has 0 bridgehead atoms. The van der Waals surface area contributed by atoms with E-state index in [-0.39, 0.29) is 29.6 Å². The summed E-state index contributed by atoms with van der Waals surface area (Å²) in [6.07, 6.45) is -1.28. The van der Waals surface area contributed by atoms with Gasteiger partial charge >= 0.3 is 18.0 Å². The minimum Gasteiger partial charge on any atom is -0.471 e. The number of hydrogen-bond acceptors (Lipinski definition) is 8. The van der Waals surface area contributed by atoms with Gasteiger partial charge in [0, 0.05) is 6.42 Å². The first-order valence-electron chi connectivity index (χ1n) is 10.4. The van der Waals surface area contributed by atoms with E-state index in [1.165, 1.54) is 25.3 Å². The molecule has 0 aliphatic carbocycles. The number of aromatic nitrogens is 2. The van der Waals surface area contributed by atoms with E-state index in [2.05, 4.69) is 16.5 Å². The van der Waals surface area contributed by atoms with Crippen molar-refractivity contribution in [3.05, 3.63) is 42.1 Å². The quantitative estimate of drug-likeness (QED) is 0.476. The van der Waals surface area contributed by atoms with Crippen LogP contribution in [0.3, 0.4) is 0 Å². The summed E-state index contributed by atoms with van der Waals surface area (Å²) < 4.78 is 45.2. The zero-order chi connectivity index (χ0) is 25.3. The van der Waals surface area contributed by atoms with Crippen molar-refractivity contribution in [2.45, 2.75) is 50.9 Å². The standard InChI is InChI=1S/C23H24F2N4O5/c1-6-23(24,25)18-19(28-16-9-13(11-26)7-8-15(16)27-18)33-14-10-17(20(30)32-5)29(12-14)21(31)34-22(2,3)4/h6-9,14,17H,1,10,12H2,2-5H3/t14-,17+/m1/s1. The molecule has 0 spiro atoms. The molecule has 1 aromatic carbocycles. The number of fused-ring (bicyclic) bond motifs is 1. The van der Waals surface area contributed by atoms with E-state index in [9.17, 15) is 18.4 Å². The van der Waals surface area contributed by atoms with E-state index in [1.54, 1.807) is 20.8 Å². The second kappa shape index (κ2) is 9.21. The number of hydrogen-bond donors (Lipinski definition) is 0. The van der Waals surface area contributed by atoms with Crippen LogP contribution >= 0.6 is 0 Å². The predicted molar refractivity (Wildman–Crippen MR) is 116 cm³/mol. The van der Waals surface area contributed by atoms with Crippen LogP contribution in [-0.2, 0) is 20.2 Å². The number of halogens is 2. The number of benzene rings is 1. The molecule has 1 fully saturated rings. The van der Waals surface area contributed by atoms with Gasteiger partial charge in [0.15, 0.2) is 5.69 Å². The van der Waals surface area contributed by atoms with E-state index >= 15 is 0 Å². The number of nitriles is 1. The topological polar surface area (TPSA) is 115 Å². The Labute approximate surface area is 194 Å². The van der Waals surface area contributed by atoms with Crippen LogP contribution in [0.25, 0.3) is 11.0 Å². The van der Waals surface area contributed by atoms with Gasteiger partial charge in [-0.15, -0.1) is 0 Å². The molecule has 1 aromatic heterocycles. The van der Waals surface area contributed by atoms with Gasteiger partial charge < -0.3 is 14.2 Å². The number of ether oxygens (including phenoxy) is 3. The summed E-state index contributed by atoms with van der Waals surface area (Å²) in [7, 11) is 1.17. The summed E-state index contributed by atoms with van der Waals surface area (Å²) in [5, 5.41) is 9.13. The number of amides is 1. The average Bonchev–Trinajstić information content (AvgIpc) is 3.20. The number of methoxy groups -OCH3 is 1. The maximum Gasteiger partial charge on any atom is 0.411 e. The van der Waals surface area contributed by atoms with Crippen molar-refractivity contribution in [3.63, 3.8) is 0 Å². The van der Waals surface area contributed by atoms with E-state index in [4.69, 9.17) is 19.5 Å². The highest BCUT2D eigenvalue weighted by Crippen LogP contribution is 2.36. The van der Waals surface area contributed by atoms with Crippen molar-refractivity contribution in [1.82, 2.24) is 14.9 Å². The number of rotatable bonds is 5. The number of likely N-dealkylation sites (tertiary alicyclic amines) is 1. The van der Waals surface area contributed by atoms with Gasteiger partial charge in [-0.3, -0.25) is 4.90 Å². The summed E-state index contributed by atoms with van der Waals surface area (Å²) in [5.74, 6) is -4.76. The van der Waals surface area contributed by atoms with Crippen LogP contribution in [0.4, 0.5) is 13.6 Å². The predicted octanol–water partition coefficient (Wildman–Crippen LogP) is 3.71. The number of alkyl halides is 2. The zero-order valence-electron chi connectivity index (χ0n) is 19.2. The number of esters is 1. The summed E-state index contributed by atoms with van der Waals surface area (Å²) >= 11 is 0. The van der Waals surface area contributed by atoms with Crippen LogP contribution in [0, 0.1) is 11.3 Å². The minimum absolute atomic E-state index is 0.0387. The molecule has 9 nitrogen and oxygen atoms in total. The van der Waals surface area contributed by atoms with Crippen LogP contribution in [0.5, 0.6) is 5.88 Å². The lowest BCUT2D eigenvalue weighted by Gasteiger charge is -2.27. The van der Waals surface area contributed by atoms with Gasteiger partial charge in [0.05, 0.1) is 36.3 Å². The largest absolute Gasteiger partial charge is 0.471 e. The summed E-state index contributed by atoms with van der Waals surface area (Å²) in [6, 6.07) is 5.14. The molecule has 1 amide bonds. The van der Waals surface area contributed by atoms with Crippen LogP contribution in [0.2, 0.25) is 0 Å². The Bertz CT molecular complexity index is 1170. The molecule has 0 saturated carbocycles. The monoisotopic (exact) mass is 474 g/mol. The molecule has 1 aliphatic rings. The highest BCUT2D eigenvalue weighted by molar-refractivity contribution is 5.82. The van der Waals surface area contributed by atoms with Gasteiger partial charge in [-0.2, -0.15) is 14.0 Å². The Morgan fingerprint density at radius 3 is 2.56 bits per heavy atom. The molecular formula is C23H24F2N4O5. The minimum atomic E-state index is -3.57. The molecule has 3 rings (SSSR count). The van der Waals surface area contributed by atoms with E-state index in [0.717, 1.165) is 4.90 Å². The number of nitrogens with zero attached hydrogens (tertiary/aromatic N) is 4. The fourth-order valence-electron chi connectivity index (χ4n) is 3.43. The maximum atomic E-state index is 14.6. The second-order valence-electron chi connectivity index (χ2n) is 8.67. The fourth-order valence-corrected chi connectivity index (χ4v) is 3.43. The molecule has 2 atom stereocenters. The van der Waals surface area contributed by atoms with E-state index in [1.807, 2.05) is 6.07 Å². The molecule has 2 aromatic rings. The van der Waals surface area contributed by atoms with Crippen molar-refractivity contribution < 1.29 is 32.6 Å². The Balaban J connectivity index is 1.99. The number of carbonyl (C=O) groups excluding carboxylic acids is 2. The zero-order valence-corrected chi connectivity index (χ0v) is 19.2. The van der Waals surface area contributed by atoms with Crippen LogP contribution in [-0.4, -0.2) is 58.3 Å². The number of carbonyl (C=O) groups is 2. The van der Waals surface area contributed by atoms with Gasteiger partial charge in [-0.05, 0) is 45.0 Å². The molecule has 1 aliphatic heterocycles. The first-order valence-corrected chi connectivity index (χ1v) is 10.4.